The van der Waals surface area contributed by atoms with Crippen LogP contribution in [0.4, 0.5) is 14.5 Å². The second kappa shape index (κ2) is 4.56. The second-order valence-corrected chi connectivity index (χ2v) is 4.15. The lowest BCUT2D eigenvalue weighted by Gasteiger charge is -2.19. The first-order valence-electron chi connectivity index (χ1n) is 5.32. The summed E-state index contributed by atoms with van der Waals surface area (Å²) >= 11 is 0. The Kier molecular flexibility index (Phi) is 3.28. The lowest BCUT2D eigenvalue weighted by molar-refractivity contribution is 0.0572. The molecule has 1 fully saturated rings. The molecule has 0 spiro atoms. The van der Waals surface area contributed by atoms with Crippen LogP contribution in [0.25, 0.3) is 0 Å². The van der Waals surface area contributed by atoms with E-state index in [2.05, 4.69) is 0 Å². The minimum atomic E-state index is -0.983. The molecule has 0 amide bonds. The van der Waals surface area contributed by atoms with Gasteiger partial charge < -0.3 is 20.8 Å². The minimum absolute atomic E-state index is 0.0109. The zero-order valence-corrected chi connectivity index (χ0v) is 9.11. The molecule has 1 aliphatic heterocycles. The third-order valence-electron chi connectivity index (χ3n) is 2.89. The fourth-order valence-electron chi connectivity index (χ4n) is 1.99. The predicted molar refractivity (Wildman–Crippen MR) is 58.5 cm³/mol. The van der Waals surface area contributed by atoms with Crippen LogP contribution >= 0.6 is 0 Å². The summed E-state index contributed by atoms with van der Waals surface area (Å²) in [5, 5.41) is 18.7. The first kappa shape index (κ1) is 12.2. The predicted octanol–water partition coefficient (Wildman–Crippen LogP) is -0.0347. The number of β-amino-alcohol motifs (C(OH)–C–C–N with tert-alkyl or cyclic N) is 2. The van der Waals surface area contributed by atoms with Crippen molar-refractivity contribution in [2.24, 2.45) is 5.73 Å². The van der Waals surface area contributed by atoms with E-state index in [-0.39, 0.29) is 25.3 Å². The number of benzene rings is 1. The van der Waals surface area contributed by atoms with Gasteiger partial charge in [-0.25, -0.2) is 8.78 Å². The molecule has 0 saturated carbocycles. The fourth-order valence-corrected chi connectivity index (χ4v) is 1.99. The van der Waals surface area contributed by atoms with Crippen LogP contribution in [0.15, 0.2) is 12.1 Å². The maximum atomic E-state index is 13.7. The third-order valence-corrected chi connectivity index (χ3v) is 2.89. The van der Waals surface area contributed by atoms with Gasteiger partial charge in [-0.15, -0.1) is 0 Å². The van der Waals surface area contributed by atoms with Gasteiger partial charge in [0, 0.05) is 19.6 Å². The molecule has 2 atom stereocenters. The van der Waals surface area contributed by atoms with E-state index < -0.39 is 23.8 Å². The van der Waals surface area contributed by atoms with Crippen molar-refractivity contribution < 1.29 is 19.0 Å². The Morgan fingerprint density at radius 1 is 1.18 bits per heavy atom. The first-order valence-corrected chi connectivity index (χ1v) is 5.32. The van der Waals surface area contributed by atoms with E-state index in [0.717, 1.165) is 12.1 Å². The number of hydrogen-bond acceptors (Lipinski definition) is 4. The second-order valence-electron chi connectivity index (χ2n) is 4.15. The summed E-state index contributed by atoms with van der Waals surface area (Å²) < 4.78 is 27.4. The molecule has 0 bridgehead atoms. The highest BCUT2D eigenvalue weighted by Gasteiger charge is 2.32. The molecule has 2 unspecified atom stereocenters. The molecule has 1 aromatic rings. The molecule has 1 aromatic carbocycles. The van der Waals surface area contributed by atoms with E-state index in [1.165, 1.54) is 4.90 Å². The molecule has 17 heavy (non-hydrogen) atoms. The molecule has 4 N–H and O–H groups in total. The summed E-state index contributed by atoms with van der Waals surface area (Å²) in [6.45, 7) is 0.0767. The van der Waals surface area contributed by atoms with Gasteiger partial charge in [-0.1, -0.05) is 0 Å². The van der Waals surface area contributed by atoms with Gasteiger partial charge in [0.2, 0.25) is 0 Å². The summed E-state index contributed by atoms with van der Waals surface area (Å²) in [6, 6.07) is 2.32. The van der Waals surface area contributed by atoms with Gasteiger partial charge in [-0.3, -0.25) is 0 Å². The van der Waals surface area contributed by atoms with Crippen molar-refractivity contribution in [1.29, 1.82) is 0 Å². The summed E-state index contributed by atoms with van der Waals surface area (Å²) in [6.07, 6.45) is -1.97. The van der Waals surface area contributed by atoms with Gasteiger partial charge in [0.1, 0.15) is 17.3 Å². The van der Waals surface area contributed by atoms with Crippen molar-refractivity contribution in [3.8, 4) is 0 Å². The Labute approximate surface area is 97.3 Å². The average Bonchev–Trinajstić information content (AvgIpc) is 2.57. The number of aliphatic hydroxyl groups excluding tert-OH is 2. The summed E-state index contributed by atoms with van der Waals surface area (Å²) in [7, 11) is 0. The maximum Gasteiger partial charge on any atom is 0.149 e. The number of anilines is 1. The van der Waals surface area contributed by atoms with E-state index >= 15 is 0 Å². The van der Waals surface area contributed by atoms with Gasteiger partial charge in [0.15, 0.2) is 0 Å². The zero-order valence-electron chi connectivity index (χ0n) is 9.11. The highest BCUT2D eigenvalue weighted by atomic mass is 19.1. The van der Waals surface area contributed by atoms with Crippen LogP contribution in [0, 0.1) is 11.6 Å². The van der Waals surface area contributed by atoms with Crippen molar-refractivity contribution in [2.75, 3.05) is 18.0 Å². The number of halogens is 2. The van der Waals surface area contributed by atoms with Crippen LogP contribution in [0.5, 0.6) is 0 Å². The van der Waals surface area contributed by atoms with E-state index in [1.54, 1.807) is 0 Å². The molecule has 0 radical (unpaired) electrons. The zero-order chi connectivity index (χ0) is 12.6. The number of aliphatic hydroxyl groups is 2. The van der Waals surface area contributed by atoms with Gasteiger partial charge in [0.25, 0.3) is 0 Å². The Morgan fingerprint density at radius 2 is 1.65 bits per heavy atom. The Balaban J connectivity index is 2.33. The van der Waals surface area contributed by atoms with Gasteiger partial charge in [-0.2, -0.15) is 0 Å². The van der Waals surface area contributed by atoms with Crippen molar-refractivity contribution in [3.05, 3.63) is 29.3 Å². The molecular formula is C11H14F2N2O2. The van der Waals surface area contributed by atoms with Crippen LogP contribution in [0.3, 0.4) is 0 Å². The van der Waals surface area contributed by atoms with E-state index in [4.69, 9.17) is 5.73 Å². The number of rotatable bonds is 2. The Bertz CT molecular complexity index is 395. The largest absolute Gasteiger partial charge is 0.389 e. The van der Waals surface area contributed by atoms with E-state index in [9.17, 15) is 19.0 Å². The van der Waals surface area contributed by atoms with Gasteiger partial charge in [0.05, 0.1) is 12.2 Å². The van der Waals surface area contributed by atoms with Crippen molar-refractivity contribution in [2.45, 2.75) is 18.8 Å². The van der Waals surface area contributed by atoms with Crippen molar-refractivity contribution in [1.82, 2.24) is 0 Å². The topological polar surface area (TPSA) is 69.7 Å². The van der Waals surface area contributed by atoms with Crippen LogP contribution in [0.2, 0.25) is 0 Å². The number of nitrogens with two attached hydrogens (primary N) is 1. The first-order chi connectivity index (χ1) is 8.02. The molecular weight excluding hydrogens is 230 g/mol. The normalized spacial score (nSPS) is 24.4. The number of hydrogen-bond donors (Lipinski definition) is 3. The average molecular weight is 244 g/mol. The molecule has 1 heterocycles. The quantitative estimate of drug-likeness (QED) is 0.683. The minimum Gasteiger partial charge on any atom is -0.389 e. The molecule has 4 nitrogen and oxygen atoms in total. The lowest BCUT2D eigenvalue weighted by Crippen LogP contribution is -2.23. The molecule has 1 aliphatic rings. The summed E-state index contributed by atoms with van der Waals surface area (Å²) in [4.78, 5) is 1.29. The van der Waals surface area contributed by atoms with Gasteiger partial charge >= 0.3 is 0 Å². The molecule has 1 saturated heterocycles. The van der Waals surface area contributed by atoms with E-state index in [1.807, 2.05) is 0 Å². The van der Waals surface area contributed by atoms with Crippen LogP contribution in [-0.4, -0.2) is 35.5 Å². The smallest absolute Gasteiger partial charge is 0.149 e. The fraction of sp³-hybridized carbons (Fsp3) is 0.455. The van der Waals surface area contributed by atoms with Crippen LogP contribution in [-0.2, 0) is 6.54 Å². The summed E-state index contributed by atoms with van der Waals surface area (Å²) in [5.74, 6) is -1.46. The molecule has 0 aliphatic carbocycles. The molecule has 2 rings (SSSR count). The molecule has 6 heteroatoms. The third kappa shape index (κ3) is 2.24. The highest BCUT2D eigenvalue weighted by Crippen LogP contribution is 2.28. The van der Waals surface area contributed by atoms with Crippen molar-refractivity contribution >= 4 is 5.69 Å². The van der Waals surface area contributed by atoms with Crippen molar-refractivity contribution in [3.63, 3.8) is 0 Å². The van der Waals surface area contributed by atoms with Gasteiger partial charge in [-0.05, 0) is 17.7 Å². The monoisotopic (exact) mass is 244 g/mol. The summed E-state index contributed by atoms with van der Waals surface area (Å²) in [5.41, 5.74) is 5.45. The van der Waals surface area contributed by atoms with Crippen LogP contribution in [0.1, 0.15) is 5.56 Å². The highest BCUT2D eigenvalue weighted by molar-refractivity contribution is 5.52. The molecule has 0 aromatic heterocycles. The van der Waals surface area contributed by atoms with Crippen LogP contribution < -0.4 is 10.6 Å². The molecule has 94 valence electrons. The SMILES string of the molecule is NCc1cc(F)c(N2CC(O)C(O)C2)c(F)c1. The standard InChI is InChI=1S/C11H14F2N2O2/c12-7-1-6(3-14)2-8(13)11(7)15-4-9(16)10(17)5-15/h1-2,9-10,16-17H,3-5,14H2. The Hall–Kier alpha value is -1.24. The number of nitrogens with zero attached hydrogens (tertiary/aromatic N) is 1. The van der Waals surface area contributed by atoms with E-state index in [0.29, 0.717) is 5.56 Å². The Morgan fingerprint density at radius 3 is 2.06 bits per heavy atom. The lowest BCUT2D eigenvalue weighted by atomic mass is 10.1. The maximum absolute atomic E-state index is 13.7.